The Labute approximate surface area is 196 Å². The van der Waals surface area contributed by atoms with Crippen molar-refractivity contribution in [2.45, 2.75) is 35.2 Å². The van der Waals surface area contributed by atoms with Crippen LogP contribution in [0.15, 0.2) is 71.6 Å². The van der Waals surface area contributed by atoms with Crippen molar-refractivity contribution >= 4 is 40.6 Å². The van der Waals surface area contributed by atoms with Crippen LogP contribution < -0.4 is 20.7 Å². The van der Waals surface area contributed by atoms with Gasteiger partial charge >= 0.3 is 0 Å². The van der Waals surface area contributed by atoms with Crippen LogP contribution >= 0.6 is 23.4 Å². The number of para-hydroxylation sites is 2. The minimum Gasteiger partial charge on any atom is -0.497 e. The molecule has 3 aromatic carbocycles. The number of hydrogen-bond donors (Lipinski definition) is 2. The van der Waals surface area contributed by atoms with E-state index in [4.69, 9.17) is 22.1 Å². The molecule has 1 aliphatic heterocycles. The first kappa shape index (κ1) is 21.2. The molecule has 0 radical (unpaired) electrons. The van der Waals surface area contributed by atoms with Gasteiger partial charge in [-0.25, -0.2) is 0 Å². The molecule has 1 aliphatic carbocycles. The number of methoxy groups -OCH3 is 1. The summed E-state index contributed by atoms with van der Waals surface area (Å²) in [5, 5.41) is 3.91. The summed E-state index contributed by atoms with van der Waals surface area (Å²) in [6.07, 6.45) is 1.66. The molecule has 5 rings (SSSR count). The van der Waals surface area contributed by atoms with E-state index < -0.39 is 5.41 Å². The molecule has 0 aromatic heterocycles. The fraction of sp³-hybridized carbons (Fsp3) is 0.240. The highest BCUT2D eigenvalue weighted by atomic mass is 35.5. The maximum atomic E-state index is 13.6. The Morgan fingerprint density at radius 3 is 2.59 bits per heavy atom. The Hall–Kier alpha value is -2.67. The Kier molecular flexibility index (Phi) is 5.53. The van der Waals surface area contributed by atoms with Crippen LogP contribution in [0.2, 0.25) is 5.02 Å². The molecular formula is C25H24ClN3O2S. The van der Waals surface area contributed by atoms with E-state index in [9.17, 15) is 4.79 Å². The van der Waals surface area contributed by atoms with Crippen LogP contribution in [0.3, 0.4) is 0 Å². The Morgan fingerprint density at radius 1 is 1.16 bits per heavy atom. The molecule has 3 N–H and O–H groups in total. The summed E-state index contributed by atoms with van der Waals surface area (Å²) < 4.78 is 5.27. The number of thioether (sulfide) groups is 1. The molecule has 7 heteroatoms. The second-order valence-electron chi connectivity index (χ2n) is 8.04. The molecule has 2 aliphatic rings. The van der Waals surface area contributed by atoms with Crippen LogP contribution in [0.1, 0.15) is 24.0 Å². The lowest BCUT2D eigenvalue weighted by molar-refractivity contribution is -0.123. The van der Waals surface area contributed by atoms with Crippen molar-refractivity contribution in [2.75, 3.05) is 12.0 Å². The number of nitrogens with two attached hydrogens (primary N) is 1. The molecule has 1 amide bonds. The minimum absolute atomic E-state index is 0.0272. The lowest BCUT2D eigenvalue weighted by atomic mass is 9.95. The number of anilines is 2. The van der Waals surface area contributed by atoms with Gasteiger partial charge in [0.05, 0.1) is 28.9 Å². The van der Waals surface area contributed by atoms with Gasteiger partial charge in [-0.15, -0.1) is 0 Å². The quantitative estimate of drug-likeness (QED) is 0.524. The molecule has 3 aromatic rings. The number of halogens is 1. The van der Waals surface area contributed by atoms with Crippen molar-refractivity contribution in [2.24, 2.45) is 5.73 Å². The number of benzene rings is 3. The molecule has 1 heterocycles. The summed E-state index contributed by atoms with van der Waals surface area (Å²) in [5.74, 6) is 0.810. The second-order valence-corrected chi connectivity index (χ2v) is 9.57. The van der Waals surface area contributed by atoms with Gasteiger partial charge in [-0.2, -0.15) is 0 Å². The van der Waals surface area contributed by atoms with Crippen molar-refractivity contribution in [3.63, 3.8) is 0 Å². The van der Waals surface area contributed by atoms with Crippen molar-refractivity contribution in [1.29, 1.82) is 0 Å². The van der Waals surface area contributed by atoms with Gasteiger partial charge in [-0.05, 0) is 54.3 Å². The summed E-state index contributed by atoms with van der Waals surface area (Å²) in [6.45, 7) is 0.357. The summed E-state index contributed by atoms with van der Waals surface area (Å²) >= 11 is 8.27. The minimum atomic E-state index is -0.496. The predicted octanol–water partition coefficient (Wildman–Crippen LogP) is 5.18. The average molecular weight is 466 g/mol. The third-order valence-corrected chi connectivity index (χ3v) is 7.67. The summed E-state index contributed by atoms with van der Waals surface area (Å²) in [7, 11) is 1.64. The number of carbonyl (C=O) groups is 1. The first-order valence-electron chi connectivity index (χ1n) is 10.6. The molecule has 32 heavy (non-hydrogen) atoms. The van der Waals surface area contributed by atoms with Crippen LogP contribution in [-0.4, -0.2) is 18.5 Å². The van der Waals surface area contributed by atoms with E-state index in [-0.39, 0.29) is 11.4 Å². The van der Waals surface area contributed by atoms with Crippen LogP contribution in [0.4, 0.5) is 11.4 Å². The van der Waals surface area contributed by atoms with Gasteiger partial charge in [-0.3, -0.25) is 4.79 Å². The molecule has 1 atom stereocenters. The molecule has 0 saturated heterocycles. The molecule has 0 bridgehead atoms. The number of nitrogens with one attached hydrogen (secondary N) is 1. The zero-order valence-corrected chi connectivity index (χ0v) is 19.2. The highest BCUT2D eigenvalue weighted by Crippen LogP contribution is 2.52. The summed E-state index contributed by atoms with van der Waals surface area (Å²) in [6, 6.07) is 21.6. The second kappa shape index (κ2) is 8.35. The number of carbonyl (C=O) groups excluding carboxylic acids is 1. The fourth-order valence-electron chi connectivity index (χ4n) is 4.31. The van der Waals surface area contributed by atoms with Crippen LogP contribution in [-0.2, 0) is 16.8 Å². The average Bonchev–Trinajstić information content (AvgIpc) is 3.56. The van der Waals surface area contributed by atoms with Crippen molar-refractivity contribution in [1.82, 2.24) is 5.32 Å². The largest absolute Gasteiger partial charge is 0.497 e. The van der Waals surface area contributed by atoms with Crippen molar-refractivity contribution in [3.8, 4) is 5.75 Å². The lowest BCUT2D eigenvalue weighted by Crippen LogP contribution is -2.46. The maximum Gasteiger partial charge on any atom is 0.232 e. The predicted molar refractivity (Wildman–Crippen MR) is 130 cm³/mol. The van der Waals surface area contributed by atoms with Gasteiger partial charge < -0.3 is 20.7 Å². The standard InChI is InChI=1S/C25H24ClN3O2S/c1-31-18-11-9-17(10-12-18)25(13-14-25)23(30)28-24-29(20-7-2-3-8-21(20)32-24)22-16(15-27)5-4-6-19(22)26/h2-12,24H,13-15,27H2,1H3,(H,28,30). The zero-order chi connectivity index (χ0) is 22.3. The molecule has 1 fully saturated rings. The van der Waals surface area contributed by atoms with E-state index in [1.807, 2.05) is 54.6 Å². The van der Waals surface area contributed by atoms with Gasteiger partial charge in [0.2, 0.25) is 5.91 Å². The normalized spacial score (nSPS) is 18.2. The van der Waals surface area contributed by atoms with Crippen LogP contribution in [0.25, 0.3) is 0 Å². The Morgan fingerprint density at radius 2 is 1.91 bits per heavy atom. The first-order chi connectivity index (χ1) is 15.6. The van der Waals surface area contributed by atoms with Gasteiger partial charge in [0, 0.05) is 11.4 Å². The highest BCUT2D eigenvalue weighted by molar-refractivity contribution is 8.00. The fourth-order valence-corrected chi connectivity index (χ4v) is 5.77. The summed E-state index contributed by atoms with van der Waals surface area (Å²) in [5.41, 5.74) is 9.04. The number of rotatable bonds is 6. The van der Waals surface area contributed by atoms with Crippen molar-refractivity contribution in [3.05, 3.63) is 82.9 Å². The number of nitrogens with zero attached hydrogens (tertiary/aromatic N) is 1. The van der Waals surface area contributed by atoms with Gasteiger partial charge in [0.15, 0.2) is 5.50 Å². The van der Waals surface area contributed by atoms with Crippen molar-refractivity contribution < 1.29 is 9.53 Å². The molecule has 5 nitrogen and oxygen atoms in total. The lowest BCUT2D eigenvalue weighted by Gasteiger charge is -2.31. The van der Waals surface area contributed by atoms with E-state index in [0.717, 1.165) is 46.0 Å². The smallest absolute Gasteiger partial charge is 0.232 e. The summed E-state index contributed by atoms with van der Waals surface area (Å²) in [4.78, 5) is 16.8. The third kappa shape index (κ3) is 3.52. The SMILES string of the molecule is COc1ccc(C2(C(=O)NC3Sc4ccccc4N3c3c(Cl)cccc3CN)CC2)cc1. The van der Waals surface area contributed by atoms with Crippen LogP contribution in [0.5, 0.6) is 5.75 Å². The zero-order valence-electron chi connectivity index (χ0n) is 17.7. The molecular weight excluding hydrogens is 442 g/mol. The molecule has 0 spiro atoms. The van der Waals surface area contributed by atoms with E-state index in [2.05, 4.69) is 22.3 Å². The number of ether oxygens (including phenoxy) is 1. The third-order valence-electron chi connectivity index (χ3n) is 6.21. The molecule has 1 unspecified atom stereocenters. The Balaban J connectivity index is 1.48. The van der Waals surface area contributed by atoms with Gasteiger partial charge in [-0.1, -0.05) is 59.8 Å². The molecule has 1 saturated carbocycles. The van der Waals surface area contributed by atoms with E-state index in [1.54, 1.807) is 18.9 Å². The van der Waals surface area contributed by atoms with Gasteiger partial charge in [0.1, 0.15) is 5.75 Å². The maximum absolute atomic E-state index is 13.6. The number of hydrogen-bond acceptors (Lipinski definition) is 5. The van der Waals surface area contributed by atoms with E-state index in [1.165, 1.54) is 0 Å². The van der Waals surface area contributed by atoms with E-state index >= 15 is 0 Å². The van der Waals surface area contributed by atoms with Gasteiger partial charge in [0.25, 0.3) is 0 Å². The monoisotopic (exact) mass is 465 g/mol. The first-order valence-corrected chi connectivity index (χ1v) is 11.8. The highest BCUT2D eigenvalue weighted by Gasteiger charge is 2.52. The van der Waals surface area contributed by atoms with Crippen LogP contribution in [0, 0.1) is 0 Å². The number of fused-ring (bicyclic) bond motifs is 1. The van der Waals surface area contributed by atoms with E-state index in [0.29, 0.717) is 11.6 Å². The number of amides is 1. The topological polar surface area (TPSA) is 67.6 Å². The molecule has 164 valence electrons. The Bertz CT molecular complexity index is 1160.